The highest BCUT2D eigenvalue weighted by Crippen LogP contribution is 2.40. The Morgan fingerprint density at radius 2 is 1.08 bits per heavy atom. The first-order chi connectivity index (χ1) is 18.7. The molecule has 0 bridgehead atoms. The summed E-state index contributed by atoms with van der Waals surface area (Å²) in [6.45, 7) is 0. The number of nitrogens with zero attached hydrogens (tertiary/aromatic N) is 3. The zero-order valence-corrected chi connectivity index (χ0v) is 21.7. The van der Waals surface area contributed by atoms with Crippen molar-refractivity contribution < 1.29 is 0 Å². The maximum atomic E-state index is 6.62. The molecular weight excluding hydrogens is 506 g/mol. The number of hydrogen-bond acceptors (Lipinski definition) is 4. The van der Waals surface area contributed by atoms with E-state index in [0.717, 1.165) is 27.8 Å². The van der Waals surface area contributed by atoms with Crippen molar-refractivity contribution in [1.29, 1.82) is 0 Å². The summed E-state index contributed by atoms with van der Waals surface area (Å²) in [6.07, 6.45) is 0. The zero-order valence-electron chi connectivity index (χ0n) is 20.2. The van der Waals surface area contributed by atoms with Crippen LogP contribution in [0.25, 0.3) is 65.5 Å². The van der Waals surface area contributed by atoms with E-state index < -0.39 is 0 Å². The summed E-state index contributed by atoms with van der Waals surface area (Å²) in [5.41, 5.74) is 4.88. The minimum Gasteiger partial charge on any atom is -0.208 e. The lowest BCUT2D eigenvalue weighted by Gasteiger charge is -2.11. The molecule has 0 spiro atoms. The molecule has 0 radical (unpaired) electrons. The lowest BCUT2D eigenvalue weighted by Crippen LogP contribution is -2.00. The molecule has 7 aromatic rings. The van der Waals surface area contributed by atoms with Gasteiger partial charge in [-0.25, -0.2) is 15.0 Å². The second-order valence-electron chi connectivity index (χ2n) is 9.04. The molecular formula is C33H20ClN3S. The Bertz CT molecular complexity index is 1930. The van der Waals surface area contributed by atoms with E-state index in [1.165, 1.54) is 20.2 Å². The Morgan fingerprint density at radius 3 is 1.87 bits per heavy atom. The first-order valence-electron chi connectivity index (χ1n) is 12.3. The summed E-state index contributed by atoms with van der Waals surface area (Å²) >= 11 is 8.41. The second kappa shape index (κ2) is 9.49. The van der Waals surface area contributed by atoms with Gasteiger partial charge in [-0.05, 0) is 41.5 Å². The summed E-state index contributed by atoms with van der Waals surface area (Å²) in [6, 6.07) is 41.1. The fourth-order valence-electron chi connectivity index (χ4n) is 4.82. The third kappa shape index (κ3) is 4.14. The van der Waals surface area contributed by atoms with Gasteiger partial charge in [-0.3, -0.25) is 0 Å². The van der Waals surface area contributed by atoms with E-state index in [-0.39, 0.29) is 0 Å². The highest BCUT2D eigenvalue weighted by molar-refractivity contribution is 7.25. The smallest absolute Gasteiger partial charge is 0.164 e. The number of fused-ring (bicyclic) bond motifs is 3. The fraction of sp³-hybridized carbons (Fsp3) is 0. The van der Waals surface area contributed by atoms with Crippen molar-refractivity contribution in [3.8, 4) is 45.3 Å². The highest BCUT2D eigenvalue weighted by atomic mass is 35.5. The maximum Gasteiger partial charge on any atom is 0.164 e. The lowest BCUT2D eigenvalue weighted by molar-refractivity contribution is 1.08. The van der Waals surface area contributed by atoms with Gasteiger partial charge in [0.25, 0.3) is 0 Å². The molecule has 2 heterocycles. The quantitative estimate of drug-likeness (QED) is 0.229. The van der Waals surface area contributed by atoms with Gasteiger partial charge in [0.1, 0.15) is 0 Å². The van der Waals surface area contributed by atoms with Crippen molar-refractivity contribution in [1.82, 2.24) is 15.0 Å². The lowest BCUT2D eigenvalue weighted by atomic mass is 10.0. The van der Waals surface area contributed by atoms with Crippen molar-refractivity contribution in [3.63, 3.8) is 0 Å². The second-order valence-corrected chi connectivity index (χ2v) is 10.6. The van der Waals surface area contributed by atoms with Gasteiger partial charge in [0, 0.05) is 41.9 Å². The fourth-order valence-corrected chi connectivity index (χ4v) is 6.19. The summed E-state index contributed by atoms with van der Waals surface area (Å²) < 4.78 is 2.45. The number of benzene rings is 5. The molecule has 7 rings (SSSR count). The van der Waals surface area contributed by atoms with Crippen LogP contribution in [-0.4, -0.2) is 15.0 Å². The third-order valence-electron chi connectivity index (χ3n) is 6.57. The molecule has 0 unspecified atom stereocenters. The predicted octanol–water partition coefficient (Wildman–Crippen LogP) is 9.56. The van der Waals surface area contributed by atoms with Gasteiger partial charge in [0.05, 0.1) is 0 Å². The van der Waals surface area contributed by atoms with E-state index in [2.05, 4.69) is 60.7 Å². The standard InChI is InChI=1S/C33H20ClN3S/c34-25-19-23(21-10-3-1-4-11-21)18-24(20-25)32-35-31(22-12-5-2-6-13-22)36-33(37-32)27-15-9-17-29-30(27)26-14-7-8-16-28(26)38-29/h1-20H. The van der Waals surface area contributed by atoms with Gasteiger partial charge in [-0.2, -0.15) is 0 Å². The van der Waals surface area contributed by atoms with Crippen LogP contribution in [0.3, 0.4) is 0 Å². The highest BCUT2D eigenvalue weighted by Gasteiger charge is 2.17. The van der Waals surface area contributed by atoms with Gasteiger partial charge in [0.15, 0.2) is 17.5 Å². The molecule has 2 aromatic heterocycles. The van der Waals surface area contributed by atoms with Crippen molar-refractivity contribution in [2.45, 2.75) is 0 Å². The molecule has 180 valence electrons. The van der Waals surface area contributed by atoms with Crippen LogP contribution in [0.1, 0.15) is 0 Å². The number of aromatic nitrogens is 3. The van der Waals surface area contributed by atoms with Gasteiger partial charge >= 0.3 is 0 Å². The molecule has 0 atom stereocenters. The van der Waals surface area contributed by atoms with Crippen LogP contribution < -0.4 is 0 Å². The number of thiophene rings is 1. The summed E-state index contributed by atoms with van der Waals surface area (Å²) in [7, 11) is 0. The Morgan fingerprint density at radius 1 is 0.474 bits per heavy atom. The Balaban J connectivity index is 1.49. The summed E-state index contributed by atoms with van der Waals surface area (Å²) in [4.78, 5) is 15.0. The van der Waals surface area contributed by atoms with Gasteiger partial charge in [0.2, 0.25) is 0 Å². The molecule has 0 aliphatic heterocycles. The Hall–Kier alpha value is -4.38. The van der Waals surface area contributed by atoms with Crippen LogP contribution in [-0.2, 0) is 0 Å². The van der Waals surface area contributed by atoms with Gasteiger partial charge in [-0.15, -0.1) is 11.3 Å². The third-order valence-corrected chi connectivity index (χ3v) is 7.93. The minimum atomic E-state index is 0.588. The molecule has 0 saturated carbocycles. The average molecular weight is 526 g/mol. The summed E-state index contributed by atoms with van der Waals surface area (Å²) in [5, 5.41) is 3.01. The maximum absolute atomic E-state index is 6.62. The van der Waals surface area contributed by atoms with Crippen molar-refractivity contribution in [2.75, 3.05) is 0 Å². The molecule has 38 heavy (non-hydrogen) atoms. The molecule has 5 heteroatoms. The van der Waals surface area contributed by atoms with Gasteiger partial charge < -0.3 is 0 Å². The first kappa shape index (κ1) is 22.8. The number of hydrogen-bond donors (Lipinski definition) is 0. The zero-order chi connectivity index (χ0) is 25.5. The predicted molar refractivity (Wildman–Crippen MR) is 159 cm³/mol. The van der Waals surface area contributed by atoms with E-state index in [9.17, 15) is 0 Å². The Labute approximate surface area is 229 Å². The largest absolute Gasteiger partial charge is 0.208 e. The van der Waals surface area contributed by atoms with Crippen LogP contribution in [0, 0.1) is 0 Å². The van der Waals surface area contributed by atoms with Crippen LogP contribution in [0.5, 0.6) is 0 Å². The number of rotatable bonds is 4. The summed E-state index contributed by atoms with van der Waals surface area (Å²) in [5.74, 6) is 1.86. The molecule has 5 aromatic carbocycles. The minimum absolute atomic E-state index is 0.588. The topological polar surface area (TPSA) is 38.7 Å². The number of halogens is 1. The molecule has 0 saturated heterocycles. The van der Waals surface area contributed by atoms with Crippen molar-refractivity contribution >= 4 is 43.1 Å². The monoisotopic (exact) mass is 525 g/mol. The Kier molecular flexibility index (Phi) is 5.69. The van der Waals surface area contributed by atoms with E-state index in [1.54, 1.807) is 11.3 Å². The van der Waals surface area contributed by atoms with Crippen molar-refractivity contribution in [2.24, 2.45) is 0 Å². The average Bonchev–Trinajstić information content (AvgIpc) is 3.36. The van der Waals surface area contributed by atoms with Crippen LogP contribution in [0.4, 0.5) is 0 Å². The van der Waals surface area contributed by atoms with Crippen molar-refractivity contribution in [3.05, 3.63) is 126 Å². The molecule has 0 fully saturated rings. The van der Waals surface area contributed by atoms with E-state index in [0.29, 0.717) is 22.5 Å². The molecule has 0 aliphatic carbocycles. The molecule has 0 amide bonds. The normalized spacial score (nSPS) is 11.3. The van der Waals surface area contributed by atoms with E-state index in [4.69, 9.17) is 26.6 Å². The molecule has 3 nitrogen and oxygen atoms in total. The van der Waals surface area contributed by atoms with Gasteiger partial charge in [-0.1, -0.05) is 103 Å². The SMILES string of the molecule is Clc1cc(-c2ccccc2)cc(-c2nc(-c3ccccc3)nc(-c3cccc4sc5ccccc5c34)n2)c1. The van der Waals surface area contributed by atoms with Crippen LogP contribution in [0.15, 0.2) is 121 Å². The van der Waals surface area contributed by atoms with E-state index in [1.807, 2.05) is 60.7 Å². The molecule has 0 aliphatic rings. The first-order valence-corrected chi connectivity index (χ1v) is 13.5. The van der Waals surface area contributed by atoms with Crippen LogP contribution in [0.2, 0.25) is 5.02 Å². The van der Waals surface area contributed by atoms with Crippen LogP contribution >= 0.6 is 22.9 Å². The molecule has 0 N–H and O–H groups in total. The van der Waals surface area contributed by atoms with E-state index >= 15 is 0 Å².